The first-order valence-electron chi connectivity index (χ1n) is 9.83. The summed E-state index contributed by atoms with van der Waals surface area (Å²) in [5.41, 5.74) is 2.93. The summed E-state index contributed by atoms with van der Waals surface area (Å²) in [6, 6.07) is 11.0. The Morgan fingerprint density at radius 3 is 2.48 bits per heavy atom. The summed E-state index contributed by atoms with van der Waals surface area (Å²) in [7, 11) is 0. The molecule has 1 aliphatic heterocycles. The first-order chi connectivity index (χ1) is 13.8. The number of hydrogen-bond acceptors (Lipinski definition) is 3. The van der Waals surface area contributed by atoms with Crippen LogP contribution in [0.15, 0.2) is 47.3 Å². The van der Waals surface area contributed by atoms with E-state index >= 15 is 0 Å². The predicted molar refractivity (Wildman–Crippen MR) is 115 cm³/mol. The number of pyridine rings is 1. The molecule has 0 spiro atoms. The lowest BCUT2D eigenvalue weighted by Gasteiger charge is -2.13. The lowest BCUT2D eigenvalue weighted by atomic mass is 9.96. The predicted octanol–water partition coefficient (Wildman–Crippen LogP) is 3.90. The Morgan fingerprint density at radius 1 is 1.17 bits per heavy atom. The SMILES string of the molecule is CC(C)CC(=O)Cc1ccc(/C(=C\[C@H]2CCC(=O)N2)c2ccc(Cl)c(=O)[nH]2)cc1. The zero-order valence-electron chi connectivity index (χ0n) is 16.6. The van der Waals surface area contributed by atoms with Gasteiger partial charge >= 0.3 is 0 Å². The van der Waals surface area contributed by atoms with Gasteiger partial charge in [0.25, 0.3) is 5.56 Å². The van der Waals surface area contributed by atoms with Crippen LogP contribution in [0.1, 0.15) is 49.9 Å². The molecule has 0 bridgehead atoms. The highest BCUT2D eigenvalue weighted by Crippen LogP contribution is 2.25. The van der Waals surface area contributed by atoms with Crippen molar-refractivity contribution in [3.63, 3.8) is 0 Å². The van der Waals surface area contributed by atoms with Gasteiger partial charge < -0.3 is 10.3 Å². The molecule has 2 heterocycles. The zero-order chi connectivity index (χ0) is 21.0. The van der Waals surface area contributed by atoms with Gasteiger partial charge in [0.05, 0.1) is 0 Å². The van der Waals surface area contributed by atoms with Crippen molar-refractivity contribution in [3.8, 4) is 0 Å². The van der Waals surface area contributed by atoms with Crippen molar-refractivity contribution in [2.24, 2.45) is 5.92 Å². The molecule has 1 aromatic carbocycles. The number of ketones is 1. The van der Waals surface area contributed by atoms with Gasteiger partial charge in [0.15, 0.2) is 0 Å². The van der Waals surface area contributed by atoms with E-state index in [1.165, 1.54) is 0 Å². The van der Waals surface area contributed by atoms with Gasteiger partial charge in [-0.25, -0.2) is 0 Å². The third-order valence-corrected chi connectivity index (χ3v) is 5.15. The third-order valence-electron chi connectivity index (χ3n) is 4.85. The van der Waals surface area contributed by atoms with Gasteiger partial charge in [-0.15, -0.1) is 0 Å². The minimum Gasteiger partial charge on any atom is -0.350 e. The molecular formula is C23H25ClN2O3. The fourth-order valence-corrected chi connectivity index (χ4v) is 3.59. The number of rotatable bonds is 7. The second kappa shape index (κ2) is 9.23. The smallest absolute Gasteiger partial charge is 0.267 e. The molecule has 0 unspecified atom stereocenters. The number of aromatic amines is 1. The molecular weight excluding hydrogens is 388 g/mol. The summed E-state index contributed by atoms with van der Waals surface area (Å²) in [5, 5.41) is 3.05. The monoisotopic (exact) mass is 412 g/mol. The van der Waals surface area contributed by atoms with E-state index in [9.17, 15) is 14.4 Å². The molecule has 0 saturated carbocycles. The van der Waals surface area contributed by atoms with E-state index in [1.807, 2.05) is 44.2 Å². The Morgan fingerprint density at radius 2 is 1.90 bits per heavy atom. The molecule has 1 aromatic heterocycles. The molecule has 3 rings (SSSR count). The van der Waals surface area contributed by atoms with Gasteiger partial charge in [0.1, 0.15) is 10.8 Å². The standard InChI is InChI=1S/C23H25ClN2O3/c1-14(2)11-18(27)12-15-3-5-16(6-4-15)19(13-17-7-10-22(28)25-17)21-9-8-20(24)23(29)26-21/h3-6,8-9,13-14,17H,7,10-12H2,1-2H3,(H,25,28)(H,26,29)/b19-13+/t17-/m1/s1. The summed E-state index contributed by atoms with van der Waals surface area (Å²) < 4.78 is 0. The molecule has 152 valence electrons. The van der Waals surface area contributed by atoms with Crippen LogP contribution in [0.2, 0.25) is 5.02 Å². The molecule has 1 aliphatic rings. The van der Waals surface area contributed by atoms with Gasteiger partial charge in [-0.05, 0) is 35.6 Å². The number of carbonyl (C=O) groups is 2. The van der Waals surface area contributed by atoms with E-state index in [-0.39, 0.29) is 28.3 Å². The lowest BCUT2D eigenvalue weighted by molar-refractivity contribution is -0.120. The fourth-order valence-electron chi connectivity index (χ4n) is 3.48. The van der Waals surface area contributed by atoms with E-state index in [2.05, 4.69) is 10.3 Å². The molecule has 1 atom stereocenters. The van der Waals surface area contributed by atoms with Crippen LogP contribution >= 0.6 is 11.6 Å². The molecule has 1 amide bonds. The summed E-state index contributed by atoms with van der Waals surface area (Å²) in [6.07, 6.45) is 4.14. The van der Waals surface area contributed by atoms with Crippen LogP contribution in [0.5, 0.6) is 0 Å². The number of carbonyl (C=O) groups excluding carboxylic acids is 2. The van der Waals surface area contributed by atoms with Crippen molar-refractivity contribution in [1.82, 2.24) is 10.3 Å². The van der Waals surface area contributed by atoms with E-state index in [4.69, 9.17) is 11.6 Å². The maximum atomic E-state index is 12.1. The number of aromatic nitrogens is 1. The average Bonchev–Trinajstić information content (AvgIpc) is 3.07. The van der Waals surface area contributed by atoms with Gasteiger partial charge in [-0.2, -0.15) is 0 Å². The van der Waals surface area contributed by atoms with Crippen LogP contribution in [0.4, 0.5) is 0 Å². The van der Waals surface area contributed by atoms with Crippen LogP contribution < -0.4 is 10.9 Å². The van der Waals surface area contributed by atoms with Crippen molar-refractivity contribution in [2.45, 2.75) is 45.6 Å². The molecule has 29 heavy (non-hydrogen) atoms. The summed E-state index contributed by atoms with van der Waals surface area (Å²) in [4.78, 5) is 38.5. The van der Waals surface area contributed by atoms with Crippen LogP contribution in [0, 0.1) is 5.92 Å². The number of Topliss-reactive ketones (excluding diaryl/α,β-unsaturated/α-hetero) is 1. The van der Waals surface area contributed by atoms with Gasteiger partial charge in [-0.3, -0.25) is 14.4 Å². The largest absolute Gasteiger partial charge is 0.350 e. The lowest BCUT2D eigenvalue weighted by Crippen LogP contribution is -2.23. The van der Waals surface area contributed by atoms with Crippen molar-refractivity contribution in [3.05, 3.63) is 74.7 Å². The summed E-state index contributed by atoms with van der Waals surface area (Å²) in [6.45, 7) is 4.07. The van der Waals surface area contributed by atoms with E-state index in [1.54, 1.807) is 12.1 Å². The Hall–Kier alpha value is -2.66. The Kier molecular flexibility index (Phi) is 6.70. The van der Waals surface area contributed by atoms with Crippen LogP contribution in [-0.4, -0.2) is 22.7 Å². The van der Waals surface area contributed by atoms with Crippen LogP contribution in [0.3, 0.4) is 0 Å². The topological polar surface area (TPSA) is 79.0 Å². The average molecular weight is 413 g/mol. The van der Waals surface area contributed by atoms with Crippen molar-refractivity contribution >= 4 is 28.9 Å². The van der Waals surface area contributed by atoms with Crippen molar-refractivity contribution in [1.29, 1.82) is 0 Å². The molecule has 1 saturated heterocycles. The Bertz CT molecular complexity index is 990. The summed E-state index contributed by atoms with van der Waals surface area (Å²) >= 11 is 5.87. The number of halogens is 1. The first kappa shape index (κ1) is 21.1. The quantitative estimate of drug-likeness (QED) is 0.723. The van der Waals surface area contributed by atoms with Gasteiger partial charge in [0.2, 0.25) is 5.91 Å². The number of H-pyrrole nitrogens is 1. The number of nitrogens with one attached hydrogen (secondary N) is 2. The van der Waals surface area contributed by atoms with E-state index < -0.39 is 0 Å². The molecule has 5 nitrogen and oxygen atoms in total. The highest BCUT2D eigenvalue weighted by molar-refractivity contribution is 6.30. The molecule has 0 aliphatic carbocycles. The van der Waals surface area contributed by atoms with E-state index in [0.717, 1.165) is 16.7 Å². The highest BCUT2D eigenvalue weighted by Gasteiger charge is 2.20. The van der Waals surface area contributed by atoms with Crippen molar-refractivity contribution in [2.75, 3.05) is 0 Å². The number of benzene rings is 1. The Balaban J connectivity index is 1.90. The molecule has 1 fully saturated rings. The molecule has 2 aromatic rings. The second-order valence-electron chi connectivity index (χ2n) is 7.85. The molecule has 6 heteroatoms. The Labute approximate surface area is 175 Å². The zero-order valence-corrected chi connectivity index (χ0v) is 17.4. The maximum absolute atomic E-state index is 12.1. The van der Waals surface area contributed by atoms with Gasteiger partial charge in [0, 0.05) is 36.6 Å². The maximum Gasteiger partial charge on any atom is 0.267 e. The third kappa shape index (κ3) is 5.67. The normalized spacial score (nSPS) is 16.9. The first-order valence-corrected chi connectivity index (χ1v) is 10.2. The number of hydrogen-bond donors (Lipinski definition) is 2. The van der Waals surface area contributed by atoms with E-state index in [0.29, 0.717) is 37.3 Å². The van der Waals surface area contributed by atoms with Gasteiger partial charge in [-0.1, -0.05) is 55.8 Å². The van der Waals surface area contributed by atoms with Crippen LogP contribution in [0.25, 0.3) is 5.57 Å². The van der Waals surface area contributed by atoms with Crippen molar-refractivity contribution < 1.29 is 9.59 Å². The minimum atomic E-state index is -0.360. The fraction of sp³-hybridized carbons (Fsp3) is 0.348. The summed E-state index contributed by atoms with van der Waals surface area (Å²) in [5.74, 6) is 0.591. The molecule has 2 N–H and O–H groups in total. The van der Waals surface area contributed by atoms with Crippen LogP contribution in [-0.2, 0) is 16.0 Å². The minimum absolute atomic E-state index is 0.0224. The molecule has 0 radical (unpaired) electrons. The second-order valence-corrected chi connectivity index (χ2v) is 8.26. The highest BCUT2D eigenvalue weighted by atomic mass is 35.5. The number of amides is 1.